The largest absolute Gasteiger partial charge is 0.496 e. The second kappa shape index (κ2) is 4.12. The number of halogens is 2. The van der Waals surface area contributed by atoms with Crippen LogP contribution in [-0.4, -0.2) is 12.2 Å². The SMILES string of the molecule is COc1cc(Cl)cc(CO)c1Br. The zero-order valence-corrected chi connectivity index (χ0v) is 8.82. The summed E-state index contributed by atoms with van der Waals surface area (Å²) in [6.45, 7) is -0.0580. The number of aliphatic hydroxyl groups excluding tert-OH is 1. The van der Waals surface area contributed by atoms with Crippen LogP contribution in [0.15, 0.2) is 16.6 Å². The minimum Gasteiger partial charge on any atom is -0.496 e. The molecule has 0 amide bonds. The number of hydrogen-bond donors (Lipinski definition) is 1. The van der Waals surface area contributed by atoms with E-state index in [1.165, 1.54) is 0 Å². The monoisotopic (exact) mass is 250 g/mol. The van der Waals surface area contributed by atoms with Crippen molar-refractivity contribution in [1.82, 2.24) is 0 Å². The summed E-state index contributed by atoms with van der Waals surface area (Å²) in [6.07, 6.45) is 0. The Hall–Kier alpha value is -0.250. The quantitative estimate of drug-likeness (QED) is 0.875. The molecule has 0 aromatic heterocycles. The van der Waals surface area contributed by atoms with E-state index in [1.807, 2.05) is 0 Å². The summed E-state index contributed by atoms with van der Waals surface area (Å²) in [7, 11) is 1.55. The van der Waals surface area contributed by atoms with Gasteiger partial charge in [0.05, 0.1) is 18.2 Å². The maximum absolute atomic E-state index is 8.92. The zero-order valence-electron chi connectivity index (χ0n) is 6.47. The Labute approximate surface area is 84.2 Å². The molecule has 1 aromatic rings. The minimum atomic E-state index is -0.0580. The predicted octanol–water partition coefficient (Wildman–Crippen LogP) is 2.60. The zero-order chi connectivity index (χ0) is 9.14. The molecule has 0 bridgehead atoms. The first-order valence-electron chi connectivity index (χ1n) is 3.31. The highest BCUT2D eigenvalue weighted by molar-refractivity contribution is 9.10. The molecule has 4 heteroatoms. The van der Waals surface area contributed by atoms with Crippen molar-refractivity contribution in [1.29, 1.82) is 0 Å². The summed E-state index contributed by atoms with van der Waals surface area (Å²) in [4.78, 5) is 0. The van der Waals surface area contributed by atoms with Crippen LogP contribution < -0.4 is 4.74 Å². The maximum Gasteiger partial charge on any atom is 0.134 e. The predicted molar refractivity (Wildman–Crippen MR) is 51.6 cm³/mol. The second-order valence-electron chi connectivity index (χ2n) is 2.24. The lowest BCUT2D eigenvalue weighted by atomic mass is 10.2. The van der Waals surface area contributed by atoms with E-state index in [-0.39, 0.29) is 6.61 Å². The van der Waals surface area contributed by atoms with E-state index in [2.05, 4.69) is 15.9 Å². The Morgan fingerprint density at radius 2 is 2.25 bits per heavy atom. The van der Waals surface area contributed by atoms with E-state index in [1.54, 1.807) is 19.2 Å². The van der Waals surface area contributed by atoms with Crippen LogP contribution in [0.25, 0.3) is 0 Å². The van der Waals surface area contributed by atoms with Crippen LogP contribution in [0.4, 0.5) is 0 Å². The third kappa shape index (κ3) is 1.91. The summed E-state index contributed by atoms with van der Waals surface area (Å²) < 4.78 is 5.77. The van der Waals surface area contributed by atoms with Gasteiger partial charge in [0, 0.05) is 5.02 Å². The highest BCUT2D eigenvalue weighted by atomic mass is 79.9. The van der Waals surface area contributed by atoms with Crippen LogP contribution in [0.5, 0.6) is 5.75 Å². The highest BCUT2D eigenvalue weighted by Crippen LogP contribution is 2.31. The van der Waals surface area contributed by atoms with Gasteiger partial charge in [-0.1, -0.05) is 11.6 Å². The molecule has 0 aliphatic heterocycles. The molecule has 0 radical (unpaired) electrons. The van der Waals surface area contributed by atoms with Gasteiger partial charge >= 0.3 is 0 Å². The molecular weight excluding hydrogens is 243 g/mol. The summed E-state index contributed by atoms with van der Waals surface area (Å²) in [5.41, 5.74) is 0.722. The molecule has 0 saturated heterocycles. The summed E-state index contributed by atoms with van der Waals surface area (Å²) in [6, 6.07) is 3.37. The van der Waals surface area contributed by atoms with Gasteiger partial charge in [0.15, 0.2) is 0 Å². The molecule has 1 N–H and O–H groups in total. The average Bonchev–Trinajstić information content (AvgIpc) is 2.08. The molecule has 1 aromatic carbocycles. The third-order valence-corrected chi connectivity index (χ3v) is 2.59. The van der Waals surface area contributed by atoms with Crippen molar-refractivity contribution in [2.75, 3.05) is 7.11 Å². The average molecular weight is 252 g/mol. The lowest BCUT2D eigenvalue weighted by Crippen LogP contribution is -1.90. The standard InChI is InChI=1S/C8H8BrClO2/c1-12-7-3-6(10)2-5(4-11)8(7)9/h2-3,11H,4H2,1H3. The van der Waals surface area contributed by atoms with Crippen molar-refractivity contribution in [3.63, 3.8) is 0 Å². The van der Waals surface area contributed by atoms with E-state index in [0.717, 1.165) is 10.0 Å². The molecule has 1 rings (SSSR count). The van der Waals surface area contributed by atoms with Crippen molar-refractivity contribution in [3.05, 3.63) is 27.2 Å². The smallest absolute Gasteiger partial charge is 0.134 e. The maximum atomic E-state index is 8.92. The lowest BCUT2D eigenvalue weighted by molar-refractivity contribution is 0.280. The van der Waals surface area contributed by atoms with Gasteiger partial charge in [-0.3, -0.25) is 0 Å². The van der Waals surface area contributed by atoms with Gasteiger partial charge in [-0.05, 0) is 33.6 Å². The first kappa shape index (κ1) is 9.84. The van der Waals surface area contributed by atoms with Crippen LogP contribution in [0.1, 0.15) is 5.56 Å². The number of hydrogen-bond acceptors (Lipinski definition) is 2. The molecule has 0 fully saturated rings. The molecular formula is C8H8BrClO2. The fourth-order valence-corrected chi connectivity index (χ4v) is 1.63. The van der Waals surface area contributed by atoms with E-state index in [4.69, 9.17) is 21.4 Å². The van der Waals surface area contributed by atoms with Gasteiger partial charge < -0.3 is 9.84 Å². The summed E-state index contributed by atoms with van der Waals surface area (Å²) in [5.74, 6) is 0.631. The molecule has 66 valence electrons. The molecule has 0 atom stereocenters. The number of aliphatic hydroxyl groups is 1. The van der Waals surface area contributed by atoms with Crippen LogP contribution >= 0.6 is 27.5 Å². The fraction of sp³-hybridized carbons (Fsp3) is 0.250. The Kier molecular flexibility index (Phi) is 3.38. The van der Waals surface area contributed by atoms with Gasteiger partial charge in [0.25, 0.3) is 0 Å². The normalized spacial score (nSPS) is 10.0. The first-order valence-corrected chi connectivity index (χ1v) is 4.49. The number of benzene rings is 1. The molecule has 0 saturated carbocycles. The summed E-state index contributed by atoms with van der Waals surface area (Å²) >= 11 is 9.06. The van der Waals surface area contributed by atoms with Crippen molar-refractivity contribution in [2.24, 2.45) is 0 Å². The molecule has 2 nitrogen and oxygen atoms in total. The van der Waals surface area contributed by atoms with Crippen LogP contribution in [-0.2, 0) is 6.61 Å². The number of ether oxygens (including phenoxy) is 1. The van der Waals surface area contributed by atoms with Crippen LogP contribution in [0.2, 0.25) is 5.02 Å². The number of methoxy groups -OCH3 is 1. The molecule has 0 aliphatic rings. The van der Waals surface area contributed by atoms with E-state index >= 15 is 0 Å². The number of rotatable bonds is 2. The van der Waals surface area contributed by atoms with Crippen LogP contribution in [0, 0.1) is 0 Å². The molecule has 0 spiro atoms. The van der Waals surface area contributed by atoms with E-state index in [9.17, 15) is 0 Å². The third-order valence-electron chi connectivity index (χ3n) is 1.47. The minimum absolute atomic E-state index is 0.0580. The van der Waals surface area contributed by atoms with Crippen molar-refractivity contribution < 1.29 is 9.84 Å². The van der Waals surface area contributed by atoms with Gasteiger partial charge in [-0.25, -0.2) is 0 Å². The van der Waals surface area contributed by atoms with Gasteiger partial charge in [0.2, 0.25) is 0 Å². The van der Waals surface area contributed by atoms with Gasteiger partial charge in [0.1, 0.15) is 5.75 Å². The molecule has 0 unspecified atom stereocenters. The lowest BCUT2D eigenvalue weighted by Gasteiger charge is -2.07. The van der Waals surface area contributed by atoms with E-state index < -0.39 is 0 Å². The van der Waals surface area contributed by atoms with E-state index in [0.29, 0.717) is 10.8 Å². The molecule has 0 heterocycles. The Balaban J connectivity index is 3.22. The Bertz CT molecular complexity index is 263. The molecule has 12 heavy (non-hydrogen) atoms. The Morgan fingerprint density at radius 3 is 2.75 bits per heavy atom. The van der Waals surface area contributed by atoms with Crippen molar-refractivity contribution in [2.45, 2.75) is 6.61 Å². The first-order chi connectivity index (χ1) is 5.69. The second-order valence-corrected chi connectivity index (χ2v) is 3.47. The fourth-order valence-electron chi connectivity index (χ4n) is 0.882. The van der Waals surface area contributed by atoms with Crippen molar-refractivity contribution >= 4 is 27.5 Å². The van der Waals surface area contributed by atoms with Crippen LogP contribution in [0.3, 0.4) is 0 Å². The highest BCUT2D eigenvalue weighted by Gasteiger charge is 2.06. The Morgan fingerprint density at radius 1 is 1.58 bits per heavy atom. The van der Waals surface area contributed by atoms with Gasteiger partial charge in [-0.15, -0.1) is 0 Å². The van der Waals surface area contributed by atoms with Gasteiger partial charge in [-0.2, -0.15) is 0 Å². The molecule has 0 aliphatic carbocycles. The van der Waals surface area contributed by atoms with Crippen molar-refractivity contribution in [3.8, 4) is 5.75 Å². The topological polar surface area (TPSA) is 29.5 Å². The summed E-state index contributed by atoms with van der Waals surface area (Å²) in [5, 5.41) is 9.47.